The van der Waals surface area contributed by atoms with Crippen LogP contribution in [0, 0.1) is 6.92 Å². The number of methoxy groups -OCH3 is 2. The third-order valence-electron chi connectivity index (χ3n) is 5.41. The van der Waals surface area contributed by atoms with Crippen molar-refractivity contribution in [1.82, 2.24) is 0 Å². The van der Waals surface area contributed by atoms with Crippen LogP contribution in [0.25, 0.3) is 0 Å². The molecule has 0 bridgehead atoms. The highest BCUT2D eigenvalue weighted by Gasteiger charge is 2.19. The molecule has 0 aliphatic carbocycles. The lowest BCUT2D eigenvalue weighted by Gasteiger charge is -2.11. The molecule has 34 heavy (non-hydrogen) atoms. The minimum Gasteiger partial charge on any atom is -0.497 e. The summed E-state index contributed by atoms with van der Waals surface area (Å²) in [4.78, 5) is 13.8. The topological polar surface area (TPSA) is 69.7 Å². The summed E-state index contributed by atoms with van der Waals surface area (Å²) in [5.74, 6) is 1.90. The van der Waals surface area contributed by atoms with Crippen LogP contribution < -0.4 is 9.47 Å². The number of carbonyl (C=O) groups excluding carboxylic acids is 1. The van der Waals surface area contributed by atoms with Crippen molar-refractivity contribution < 1.29 is 22.7 Å². The second-order valence-corrected chi connectivity index (χ2v) is 11.2. The molecule has 7 heteroatoms. The molecule has 0 spiro atoms. The van der Waals surface area contributed by atoms with E-state index in [-0.39, 0.29) is 16.4 Å². The van der Waals surface area contributed by atoms with Gasteiger partial charge in [-0.15, -0.1) is 11.8 Å². The summed E-state index contributed by atoms with van der Waals surface area (Å²) in [6.45, 7) is 2.06. The van der Waals surface area contributed by atoms with Gasteiger partial charge in [0.1, 0.15) is 17.3 Å². The molecule has 0 saturated heterocycles. The Kier molecular flexibility index (Phi) is 9.19. The molecular formula is C27H30O5S2. The van der Waals surface area contributed by atoms with Gasteiger partial charge >= 0.3 is 0 Å². The van der Waals surface area contributed by atoms with Gasteiger partial charge in [0.25, 0.3) is 0 Å². The van der Waals surface area contributed by atoms with Crippen LogP contribution >= 0.6 is 11.8 Å². The van der Waals surface area contributed by atoms with E-state index in [0.29, 0.717) is 29.9 Å². The summed E-state index contributed by atoms with van der Waals surface area (Å²) < 4.78 is 36.4. The molecule has 0 N–H and O–H groups in total. The molecule has 3 aromatic carbocycles. The van der Waals surface area contributed by atoms with Crippen molar-refractivity contribution in [3.05, 3.63) is 83.4 Å². The lowest BCUT2D eigenvalue weighted by molar-refractivity contribution is -0.118. The zero-order valence-electron chi connectivity index (χ0n) is 19.7. The van der Waals surface area contributed by atoms with E-state index in [2.05, 4.69) is 31.2 Å². The highest BCUT2D eigenvalue weighted by molar-refractivity contribution is 7.99. The molecule has 0 unspecified atom stereocenters. The van der Waals surface area contributed by atoms with Gasteiger partial charge in [-0.2, -0.15) is 0 Å². The van der Waals surface area contributed by atoms with Crippen LogP contribution in [0.4, 0.5) is 0 Å². The average molecular weight is 499 g/mol. The Bertz CT molecular complexity index is 1200. The van der Waals surface area contributed by atoms with Crippen LogP contribution in [0.15, 0.2) is 76.5 Å². The second kappa shape index (κ2) is 12.1. The predicted molar refractivity (Wildman–Crippen MR) is 137 cm³/mol. The number of aryl methyl sites for hydroxylation is 1. The number of carbonyl (C=O) groups is 1. The summed E-state index contributed by atoms with van der Waals surface area (Å²) in [7, 11) is -0.550. The SMILES string of the molecule is COc1ccc(OC)c(CS(=O)(=O)c2ccc(CC(=O)CCCSc3ccc(C)cc3)cc2)c1. The first-order valence-electron chi connectivity index (χ1n) is 11.0. The van der Waals surface area contributed by atoms with E-state index >= 15 is 0 Å². The van der Waals surface area contributed by atoms with Crippen LogP contribution in [-0.4, -0.2) is 34.2 Å². The number of ketones is 1. The fraction of sp³-hybridized carbons (Fsp3) is 0.296. The molecule has 0 heterocycles. The van der Waals surface area contributed by atoms with Crippen LogP contribution in [0.1, 0.15) is 29.5 Å². The number of hydrogen-bond acceptors (Lipinski definition) is 6. The quantitative estimate of drug-likeness (QED) is 0.237. The largest absolute Gasteiger partial charge is 0.497 e. The highest BCUT2D eigenvalue weighted by Crippen LogP contribution is 2.28. The average Bonchev–Trinajstić information content (AvgIpc) is 2.83. The van der Waals surface area contributed by atoms with Crippen molar-refractivity contribution in [2.24, 2.45) is 0 Å². The third-order valence-corrected chi connectivity index (χ3v) is 8.19. The molecule has 0 saturated carbocycles. The zero-order valence-corrected chi connectivity index (χ0v) is 21.4. The van der Waals surface area contributed by atoms with E-state index in [1.807, 2.05) is 0 Å². The fourth-order valence-corrected chi connectivity index (χ4v) is 5.71. The van der Waals surface area contributed by atoms with Gasteiger partial charge in [-0.25, -0.2) is 8.42 Å². The van der Waals surface area contributed by atoms with Gasteiger partial charge in [0.15, 0.2) is 9.84 Å². The first-order chi connectivity index (χ1) is 16.3. The first-order valence-corrected chi connectivity index (χ1v) is 13.7. The Morgan fingerprint density at radius 2 is 1.62 bits per heavy atom. The molecule has 0 aliphatic heterocycles. The molecule has 0 fully saturated rings. The summed E-state index contributed by atoms with van der Waals surface area (Å²) in [6, 6.07) is 20.0. The third kappa shape index (κ3) is 7.37. The van der Waals surface area contributed by atoms with Gasteiger partial charge in [-0.1, -0.05) is 29.8 Å². The van der Waals surface area contributed by atoms with E-state index in [9.17, 15) is 13.2 Å². The number of benzene rings is 3. The van der Waals surface area contributed by atoms with Crippen LogP contribution in [0.2, 0.25) is 0 Å². The van der Waals surface area contributed by atoms with E-state index in [1.54, 1.807) is 54.2 Å². The molecule has 0 amide bonds. The van der Waals surface area contributed by atoms with Crippen LogP contribution in [0.5, 0.6) is 11.5 Å². The summed E-state index contributed by atoms with van der Waals surface area (Å²) in [5.41, 5.74) is 2.58. The van der Waals surface area contributed by atoms with Crippen LogP contribution in [0.3, 0.4) is 0 Å². The maximum Gasteiger partial charge on any atom is 0.182 e. The summed E-state index contributed by atoms with van der Waals surface area (Å²) in [5, 5.41) is 0. The van der Waals surface area contributed by atoms with Gasteiger partial charge in [0.05, 0.1) is 24.9 Å². The van der Waals surface area contributed by atoms with E-state index in [4.69, 9.17) is 9.47 Å². The van der Waals surface area contributed by atoms with E-state index in [0.717, 1.165) is 17.7 Å². The maximum atomic E-state index is 12.9. The number of sulfone groups is 1. The minimum atomic E-state index is -3.59. The van der Waals surface area contributed by atoms with Crippen molar-refractivity contribution in [3.63, 3.8) is 0 Å². The molecule has 5 nitrogen and oxygen atoms in total. The van der Waals surface area contributed by atoms with Crippen molar-refractivity contribution >= 4 is 27.4 Å². The smallest absolute Gasteiger partial charge is 0.182 e. The Hall–Kier alpha value is -2.77. The van der Waals surface area contributed by atoms with Crippen molar-refractivity contribution in [2.45, 2.75) is 41.7 Å². The lowest BCUT2D eigenvalue weighted by atomic mass is 10.1. The standard InChI is InChI=1S/C27H30O5S2/c1-20-6-11-25(12-7-20)33-16-4-5-23(28)17-21-8-13-26(14-9-21)34(29,30)19-22-18-24(31-2)10-15-27(22)32-3/h6-15,18H,4-5,16-17,19H2,1-3H3. The normalized spacial score (nSPS) is 11.3. The van der Waals surface area contributed by atoms with Crippen molar-refractivity contribution in [1.29, 1.82) is 0 Å². The van der Waals surface area contributed by atoms with E-state index < -0.39 is 9.84 Å². The lowest BCUT2D eigenvalue weighted by Crippen LogP contribution is -2.07. The highest BCUT2D eigenvalue weighted by atomic mass is 32.2. The van der Waals surface area contributed by atoms with Gasteiger partial charge in [-0.05, 0) is 67.1 Å². The van der Waals surface area contributed by atoms with Gasteiger partial charge in [0, 0.05) is 23.3 Å². The molecule has 3 aromatic rings. The molecule has 0 aromatic heterocycles. The molecule has 0 atom stereocenters. The molecular weight excluding hydrogens is 468 g/mol. The Morgan fingerprint density at radius 3 is 2.26 bits per heavy atom. The Labute approximate surface area is 206 Å². The van der Waals surface area contributed by atoms with Crippen molar-refractivity contribution in [3.8, 4) is 11.5 Å². The predicted octanol–water partition coefficient (Wildman–Crippen LogP) is 5.67. The Morgan fingerprint density at radius 1 is 0.912 bits per heavy atom. The summed E-state index contributed by atoms with van der Waals surface area (Å²) >= 11 is 1.75. The molecule has 3 rings (SSSR count). The van der Waals surface area contributed by atoms with Gasteiger partial charge in [-0.3, -0.25) is 4.79 Å². The van der Waals surface area contributed by atoms with Gasteiger partial charge in [0.2, 0.25) is 0 Å². The van der Waals surface area contributed by atoms with Crippen molar-refractivity contribution in [2.75, 3.05) is 20.0 Å². The zero-order chi connectivity index (χ0) is 24.6. The number of rotatable bonds is 12. The summed E-state index contributed by atoms with van der Waals surface area (Å²) in [6.07, 6.45) is 1.62. The monoisotopic (exact) mass is 498 g/mol. The molecule has 0 radical (unpaired) electrons. The van der Waals surface area contributed by atoms with Crippen LogP contribution in [-0.2, 0) is 26.8 Å². The fourth-order valence-electron chi connectivity index (χ4n) is 3.51. The Balaban J connectivity index is 1.53. The second-order valence-electron chi connectivity index (χ2n) is 8.06. The first kappa shape index (κ1) is 25.8. The number of thioether (sulfide) groups is 1. The minimum absolute atomic E-state index is 0.154. The van der Waals surface area contributed by atoms with E-state index in [1.165, 1.54) is 24.7 Å². The maximum absolute atomic E-state index is 12.9. The van der Waals surface area contributed by atoms with Gasteiger partial charge < -0.3 is 9.47 Å². The molecule has 0 aliphatic rings. The number of hydrogen-bond donors (Lipinski definition) is 0. The number of ether oxygens (including phenoxy) is 2. The molecule has 180 valence electrons. The number of Topliss-reactive ketones (excluding diaryl/α,β-unsaturated/α-hetero) is 1.